The third-order valence-electron chi connectivity index (χ3n) is 6.02. The molecule has 1 saturated carbocycles. The van der Waals surface area contributed by atoms with Gasteiger partial charge in [-0.2, -0.15) is 0 Å². The van der Waals surface area contributed by atoms with Crippen LogP contribution in [0.15, 0.2) is 23.4 Å². The van der Waals surface area contributed by atoms with Crippen molar-refractivity contribution in [2.75, 3.05) is 11.6 Å². The molecule has 8 heteroatoms. The van der Waals surface area contributed by atoms with Gasteiger partial charge in [-0.25, -0.2) is 4.68 Å². The second-order valence-electron chi connectivity index (χ2n) is 9.23. The number of nitrogen functional groups attached to an aromatic ring is 1. The molecular weight excluding hydrogens is 422 g/mol. The van der Waals surface area contributed by atoms with Gasteiger partial charge >= 0.3 is 0 Å². The molecule has 1 aliphatic rings. The Morgan fingerprint density at radius 1 is 1.22 bits per heavy atom. The van der Waals surface area contributed by atoms with E-state index in [0.717, 1.165) is 29.7 Å². The fourth-order valence-corrected chi connectivity index (χ4v) is 5.11. The molecule has 2 N–H and O–H groups in total. The van der Waals surface area contributed by atoms with Crippen LogP contribution in [-0.4, -0.2) is 43.5 Å². The topological polar surface area (TPSA) is 86.3 Å². The maximum absolute atomic E-state index is 13.0. The molecule has 0 aliphatic heterocycles. The highest BCUT2D eigenvalue weighted by Gasteiger charge is 2.28. The van der Waals surface area contributed by atoms with Crippen molar-refractivity contribution in [1.82, 2.24) is 19.8 Å². The van der Waals surface area contributed by atoms with Crippen molar-refractivity contribution in [2.24, 2.45) is 0 Å². The van der Waals surface area contributed by atoms with Crippen molar-refractivity contribution in [3.05, 3.63) is 35.2 Å². The molecule has 0 radical (unpaired) electrons. The maximum atomic E-state index is 13.0. The summed E-state index contributed by atoms with van der Waals surface area (Å²) in [4.78, 5) is 15.1. The Kier molecular flexibility index (Phi) is 8.45. The van der Waals surface area contributed by atoms with Crippen LogP contribution in [0.25, 0.3) is 0 Å². The molecule has 0 spiro atoms. The predicted octanol–water partition coefficient (Wildman–Crippen LogP) is 4.66. The first-order valence-corrected chi connectivity index (χ1v) is 12.6. The van der Waals surface area contributed by atoms with Crippen molar-refractivity contribution in [3.63, 3.8) is 0 Å². The van der Waals surface area contributed by atoms with Crippen LogP contribution < -0.4 is 10.6 Å². The van der Waals surface area contributed by atoms with Gasteiger partial charge < -0.3 is 15.5 Å². The van der Waals surface area contributed by atoms with E-state index < -0.39 is 0 Å². The summed E-state index contributed by atoms with van der Waals surface area (Å²) in [5.74, 6) is 8.40. The van der Waals surface area contributed by atoms with E-state index in [-0.39, 0.29) is 18.6 Å². The Hall–Kier alpha value is -2.22. The first-order valence-electron chi connectivity index (χ1n) is 11.6. The van der Waals surface area contributed by atoms with E-state index in [0.29, 0.717) is 28.7 Å². The number of carbonyl (C=O) groups is 1. The molecule has 0 saturated heterocycles. The fourth-order valence-electron chi connectivity index (χ4n) is 4.36. The summed E-state index contributed by atoms with van der Waals surface area (Å²) in [6.45, 7) is 10.7. The van der Waals surface area contributed by atoms with Gasteiger partial charge in [0.2, 0.25) is 11.1 Å². The van der Waals surface area contributed by atoms with Crippen molar-refractivity contribution < 1.29 is 9.53 Å². The van der Waals surface area contributed by atoms with Crippen molar-refractivity contribution in [3.8, 4) is 5.75 Å². The number of nitrogens with two attached hydrogens (primary N) is 1. The molecule has 7 nitrogen and oxygen atoms in total. The van der Waals surface area contributed by atoms with Crippen LogP contribution in [0.4, 0.5) is 0 Å². The second-order valence-corrected chi connectivity index (χ2v) is 10.2. The van der Waals surface area contributed by atoms with Gasteiger partial charge in [0.05, 0.1) is 5.75 Å². The van der Waals surface area contributed by atoms with E-state index in [1.165, 1.54) is 35.7 Å². The normalized spacial score (nSPS) is 14.8. The van der Waals surface area contributed by atoms with Crippen molar-refractivity contribution >= 4 is 17.7 Å². The summed E-state index contributed by atoms with van der Waals surface area (Å²) in [6, 6.07) is 6.76. The van der Waals surface area contributed by atoms with Gasteiger partial charge in [0.15, 0.2) is 5.82 Å². The highest BCUT2D eigenvalue weighted by atomic mass is 32.2. The zero-order valence-electron chi connectivity index (χ0n) is 20.0. The average Bonchev–Trinajstić information content (AvgIpc) is 3.10. The number of nitrogens with zero attached hydrogens (tertiary/aromatic N) is 4. The molecule has 1 heterocycles. The third-order valence-corrected chi connectivity index (χ3v) is 6.95. The summed E-state index contributed by atoms with van der Waals surface area (Å²) < 4.78 is 7.48. The van der Waals surface area contributed by atoms with E-state index in [4.69, 9.17) is 10.6 Å². The number of rotatable bonds is 9. The Labute approximate surface area is 196 Å². The van der Waals surface area contributed by atoms with Crippen LogP contribution in [0, 0.1) is 6.92 Å². The quantitative estimate of drug-likeness (QED) is 0.433. The molecule has 1 aromatic carbocycles. The molecular formula is C24H37N5O2S. The van der Waals surface area contributed by atoms with Crippen LogP contribution in [0.3, 0.4) is 0 Å². The van der Waals surface area contributed by atoms with Gasteiger partial charge in [-0.1, -0.05) is 57.0 Å². The summed E-state index contributed by atoms with van der Waals surface area (Å²) in [5.41, 5.74) is 2.29. The molecule has 0 bridgehead atoms. The Morgan fingerprint density at radius 2 is 1.94 bits per heavy atom. The molecule has 1 aliphatic carbocycles. The van der Waals surface area contributed by atoms with Gasteiger partial charge in [-0.05, 0) is 56.7 Å². The fraction of sp³-hybridized carbons (Fsp3) is 0.625. The lowest BCUT2D eigenvalue weighted by Crippen LogP contribution is -2.46. The van der Waals surface area contributed by atoms with Crippen LogP contribution in [0.2, 0.25) is 0 Å². The van der Waals surface area contributed by atoms with E-state index >= 15 is 0 Å². The molecule has 32 heavy (non-hydrogen) atoms. The number of aromatic nitrogens is 3. The monoisotopic (exact) mass is 459 g/mol. The van der Waals surface area contributed by atoms with Gasteiger partial charge in [0, 0.05) is 12.1 Å². The molecule has 0 unspecified atom stereocenters. The highest BCUT2D eigenvalue weighted by molar-refractivity contribution is 7.99. The minimum Gasteiger partial charge on any atom is -0.485 e. The summed E-state index contributed by atoms with van der Waals surface area (Å²) in [6.07, 6.45) is 5.87. The number of benzene rings is 1. The Balaban J connectivity index is 1.61. The molecule has 2 aromatic rings. The molecule has 1 fully saturated rings. The van der Waals surface area contributed by atoms with Crippen molar-refractivity contribution in [2.45, 2.75) is 96.5 Å². The zero-order chi connectivity index (χ0) is 23.3. The average molecular weight is 460 g/mol. The zero-order valence-corrected chi connectivity index (χ0v) is 20.8. The van der Waals surface area contributed by atoms with Crippen LogP contribution in [0.1, 0.15) is 82.7 Å². The van der Waals surface area contributed by atoms with Crippen LogP contribution >= 0.6 is 11.8 Å². The molecule has 3 rings (SSSR count). The number of amides is 1. The van der Waals surface area contributed by atoms with Gasteiger partial charge in [-0.15, -0.1) is 10.2 Å². The predicted molar refractivity (Wildman–Crippen MR) is 129 cm³/mol. The van der Waals surface area contributed by atoms with Gasteiger partial charge in [0.1, 0.15) is 12.4 Å². The van der Waals surface area contributed by atoms with Crippen LogP contribution in [0.5, 0.6) is 5.75 Å². The second kappa shape index (κ2) is 11.1. The summed E-state index contributed by atoms with van der Waals surface area (Å²) in [7, 11) is 0. The first kappa shape index (κ1) is 24.4. The number of thioether (sulfide) groups is 1. The van der Waals surface area contributed by atoms with E-state index in [2.05, 4.69) is 54.9 Å². The largest absolute Gasteiger partial charge is 0.485 e. The maximum Gasteiger partial charge on any atom is 0.233 e. The highest BCUT2D eigenvalue weighted by Crippen LogP contribution is 2.29. The van der Waals surface area contributed by atoms with E-state index in [1.807, 2.05) is 13.0 Å². The molecule has 0 atom stereocenters. The van der Waals surface area contributed by atoms with Crippen molar-refractivity contribution in [1.29, 1.82) is 0 Å². The smallest absolute Gasteiger partial charge is 0.233 e. The number of aryl methyl sites for hydroxylation is 1. The van der Waals surface area contributed by atoms with Gasteiger partial charge in [-0.3, -0.25) is 4.79 Å². The minimum atomic E-state index is 0.138. The van der Waals surface area contributed by atoms with Gasteiger partial charge in [0.25, 0.3) is 0 Å². The third kappa shape index (κ3) is 5.97. The molecule has 1 amide bonds. The standard InChI is InChI=1S/C24H37N5O2S/c1-16(2)20-12-11-18(5)13-21(20)31-14-22-26-27-24(29(22)25)32-15-23(30)28(17(3)4)19-9-7-6-8-10-19/h11-13,16-17,19H,6-10,14-15,25H2,1-5H3. The lowest BCUT2D eigenvalue weighted by molar-refractivity contribution is -0.133. The first-order chi connectivity index (χ1) is 15.3. The minimum absolute atomic E-state index is 0.138. The van der Waals surface area contributed by atoms with E-state index in [9.17, 15) is 4.79 Å². The lowest BCUT2D eigenvalue weighted by atomic mass is 9.93. The SMILES string of the molecule is Cc1ccc(C(C)C)c(OCc2nnc(SCC(=O)N(C(C)C)C3CCCCC3)n2N)c1. The summed E-state index contributed by atoms with van der Waals surface area (Å²) in [5, 5.41) is 8.91. The molecule has 176 valence electrons. The molecule has 1 aromatic heterocycles. The number of hydrogen-bond donors (Lipinski definition) is 1. The Bertz CT molecular complexity index is 906. The number of ether oxygens (including phenoxy) is 1. The Morgan fingerprint density at radius 3 is 2.59 bits per heavy atom. The summed E-state index contributed by atoms with van der Waals surface area (Å²) >= 11 is 1.34. The van der Waals surface area contributed by atoms with E-state index in [1.54, 1.807) is 0 Å². The number of hydrogen-bond acceptors (Lipinski definition) is 6. The number of carbonyl (C=O) groups excluding carboxylic acids is 1. The lowest BCUT2D eigenvalue weighted by Gasteiger charge is -2.37. The van der Waals surface area contributed by atoms with Crippen LogP contribution in [-0.2, 0) is 11.4 Å².